The van der Waals surface area contributed by atoms with Gasteiger partial charge in [-0.3, -0.25) is 4.98 Å². The first-order chi connectivity index (χ1) is 8.97. The molecule has 0 bridgehead atoms. The first kappa shape index (κ1) is 13.7. The molecular weight excluding hydrogens is 279 g/mol. The molecule has 6 heteroatoms. The molecule has 2 aromatic rings. The smallest absolute Gasteiger partial charge is 0.419 e. The Morgan fingerprint density at radius 2 is 1.89 bits per heavy atom. The summed E-state index contributed by atoms with van der Waals surface area (Å²) < 4.78 is 43.3. The highest BCUT2D eigenvalue weighted by molar-refractivity contribution is 6.30. The van der Waals surface area contributed by atoms with Crippen LogP contribution in [0, 0.1) is 0 Å². The molecule has 1 heterocycles. The number of rotatable bonds is 3. The van der Waals surface area contributed by atoms with E-state index in [0.717, 1.165) is 6.07 Å². The van der Waals surface area contributed by atoms with Crippen LogP contribution >= 0.6 is 11.6 Å². The number of nitrogens with zero attached hydrogens (tertiary/aromatic N) is 1. The maximum Gasteiger partial charge on any atom is 0.419 e. The lowest BCUT2D eigenvalue weighted by atomic mass is 10.2. The zero-order valence-electron chi connectivity index (χ0n) is 9.62. The third-order valence-electron chi connectivity index (χ3n) is 2.35. The van der Waals surface area contributed by atoms with E-state index in [-0.39, 0.29) is 12.4 Å². The summed E-state index contributed by atoms with van der Waals surface area (Å²) in [6, 6.07) is 8.16. The van der Waals surface area contributed by atoms with Crippen LogP contribution in [0.3, 0.4) is 0 Å². The number of aromatic nitrogens is 1. The van der Waals surface area contributed by atoms with E-state index in [1.165, 1.54) is 30.5 Å². The van der Waals surface area contributed by atoms with Gasteiger partial charge in [-0.25, -0.2) is 0 Å². The highest BCUT2D eigenvalue weighted by atomic mass is 35.5. The van der Waals surface area contributed by atoms with E-state index >= 15 is 0 Å². The standard InChI is InChI=1S/C13H9ClF3NO/c14-9-5-6-18-10(7-9)8-19-12-4-2-1-3-11(12)13(15,16)17/h1-7H,8H2. The quantitative estimate of drug-likeness (QED) is 0.838. The maximum absolute atomic E-state index is 12.7. The van der Waals surface area contributed by atoms with Crippen LogP contribution in [0.1, 0.15) is 11.3 Å². The molecule has 0 aliphatic rings. The van der Waals surface area contributed by atoms with Gasteiger partial charge in [0.2, 0.25) is 0 Å². The zero-order valence-corrected chi connectivity index (χ0v) is 10.4. The molecule has 19 heavy (non-hydrogen) atoms. The van der Waals surface area contributed by atoms with Gasteiger partial charge in [0.15, 0.2) is 0 Å². The van der Waals surface area contributed by atoms with Crippen molar-refractivity contribution >= 4 is 11.6 Å². The van der Waals surface area contributed by atoms with Crippen LogP contribution < -0.4 is 4.74 Å². The van der Waals surface area contributed by atoms with Gasteiger partial charge in [0.1, 0.15) is 12.4 Å². The Morgan fingerprint density at radius 3 is 2.58 bits per heavy atom. The van der Waals surface area contributed by atoms with Gasteiger partial charge in [-0.15, -0.1) is 0 Å². The molecule has 2 rings (SSSR count). The van der Waals surface area contributed by atoms with Crippen LogP contribution in [0.4, 0.5) is 13.2 Å². The topological polar surface area (TPSA) is 22.1 Å². The highest BCUT2D eigenvalue weighted by Gasteiger charge is 2.33. The molecule has 0 amide bonds. The zero-order chi connectivity index (χ0) is 13.9. The third kappa shape index (κ3) is 3.61. The van der Waals surface area contributed by atoms with E-state index in [1.54, 1.807) is 6.07 Å². The summed E-state index contributed by atoms with van der Waals surface area (Å²) in [5, 5.41) is 0.456. The molecule has 0 radical (unpaired) electrons. The van der Waals surface area contributed by atoms with Crippen molar-refractivity contribution in [2.24, 2.45) is 0 Å². The van der Waals surface area contributed by atoms with Gasteiger partial charge in [-0.1, -0.05) is 23.7 Å². The van der Waals surface area contributed by atoms with Crippen LogP contribution in [-0.4, -0.2) is 4.98 Å². The highest BCUT2D eigenvalue weighted by Crippen LogP contribution is 2.36. The molecule has 0 N–H and O–H groups in total. The number of hydrogen-bond donors (Lipinski definition) is 0. The number of benzene rings is 1. The number of pyridine rings is 1. The lowest BCUT2D eigenvalue weighted by Crippen LogP contribution is -2.08. The van der Waals surface area contributed by atoms with Gasteiger partial charge in [-0.05, 0) is 24.3 Å². The van der Waals surface area contributed by atoms with Crippen molar-refractivity contribution in [2.75, 3.05) is 0 Å². The van der Waals surface area contributed by atoms with Crippen molar-refractivity contribution < 1.29 is 17.9 Å². The van der Waals surface area contributed by atoms with E-state index in [1.807, 2.05) is 0 Å². The fourth-order valence-corrected chi connectivity index (χ4v) is 1.69. The lowest BCUT2D eigenvalue weighted by molar-refractivity contribution is -0.139. The second kappa shape index (κ2) is 5.48. The average molecular weight is 288 g/mol. The van der Waals surface area contributed by atoms with Gasteiger partial charge in [0.25, 0.3) is 0 Å². The predicted molar refractivity (Wildman–Crippen MR) is 65.0 cm³/mol. The van der Waals surface area contributed by atoms with E-state index in [0.29, 0.717) is 10.7 Å². The van der Waals surface area contributed by atoms with Crippen molar-refractivity contribution in [1.82, 2.24) is 4.98 Å². The van der Waals surface area contributed by atoms with Crippen molar-refractivity contribution in [3.05, 3.63) is 58.9 Å². The SMILES string of the molecule is FC(F)(F)c1ccccc1OCc1cc(Cl)ccn1. The summed E-state index contributed by atoms with van der Waals surface area (Å²) in [5.41, 5.74) is -0.346. The number of para-hydroxylation sites is 1. The minimum Gasteiger partial charge on any atom is -0.487 e. The fraction of sp³-hybridized carbons (Fsp3) is 0.154. The second-order valence-electron chi connectivity index (χ2n) is 3.75. The minimum atomic E-state index is -4.45. The van der Waals surface area contributed by atoms with Crippen LogP contribution in [-0.2, 0) is 12.8 Å². The molecule has 0 spiro atoms. The predicted octanol–water partition coefficient (Wildman–Crippen LogP) is 4.33. The number of alkyl halides is 3. The number of halogens is 4. The molecule has 100 valence electrons. The molecule has 0 unspecified atom stereocenters. The normalized spacial score (nSPS) is 11.4. The Balaban J connectivity index is 2.16. The number of hydrogen-bond acceptors (Lipinski definition) is 2. The molecule has 1 aromatic carbocycles. The Kier molecular flexibility index (Phi) is 3.95. The van der Waals surface area contributed by atoms with Gasteiger partial charge in [0, 0.05) is 11.2 Å². The minimum absolute atomic E-state index is 0.0757. The molecule has 0 saturated carbocycles. The van der Waals surface area contributed by atoms with E-state index < -0.39 is 11.7 Å². The molecule has 0 atom stereocenters. The van der Waals surface area contributed by atoms with Crippen molar-refractivity contribution in [3.8, 4) is 5.75 Å². The lowest BCUT2D eigenvalue weighted by Gasteiger charge is -2.13. The van der Waals surface area contributed by atoms with Gasteiger partial charge in [0.05, 0.1) is 11.3 Å². The Hall–Kier alpha value is -1.75. The summed E-state index contributed by atoms with van der Waals surface area (Å²) >= 11 is 5.75. The first-order valence-corrected chi connectivity index (χ1v) is 5.74. The van der Waals surface area contributed by atoms with Crippen LogP contribution in [0.2, 0.25) is 5.02 Å². The Labute approximate surface area is 112 Å². The molecule has 0 saturated heterocycles. The number of ether oxygens (including phenoxy) is 1. The van der Waals surface area contributed by atoms with E-state index in [2.05, 4.69) is 4.98 Å². The van der Waals surface area contributed by atoms with Gasteiger partial charge in [-0.2, -0.15) is 13.2 Å². The van der Waals surface area contributed by atoms with E-state index in [9.17, 15) is 13.2 Å². The largest absolute Gasteiger partial charge is 0.487 e. The van der Waals surface area contributed by atoms with Crippen LogP contribution in [0.5, 0.6) is 5.75 Å². The van der Waals surface area contributed by atoms with Crippen molar-refractivity contribution in [2.45, 2.75) is 12.8 Å². The second-order valence-corrected chi connectivity index (χ2v) is 4.18. The molecule has 0 aliphatic heterocycles. The van der Waals surface area contributed by atoms with Crippen LogP contribution in [0.25, 0.3) is 0 Å². The summed E-state index contributed by atoms with van der Waals surface area (Å²) in [7, 11) is 0. The van der Waals surface area contributed by atoms with Crippen LogP contribution in [0.15, 0.2) is 42.6 Å². The third-order valence-corrected chi connectivity index (χ3v) is 2.58. The maximum atomic E-state index is 12.7. The summed E-state index contributed by atoms with van der Waals surface area (Å²) in [6.45, 7) is -0.0757. The Morgan fingerprint density at radius 1 is 1.16 bits per heavy atom. The molecule has 2 nitrogen and oxygen atoms in total. The Bertz CT molecular complexity index is 572. The summed E-state index contributed by atoms with van der Waals surface area (Å²) in [5.74, 6) is -0.225. The molecule has 0 fully saturated rings. The first-order valence-electron chi connectivity index (χ1n) is 5.36. The average Bonchev–Trinajstić information content (AvgIpc) is 2.36. The summed E-state index contributed by atoms with van der Waals surface area (Å²) in [6.07, 6.45) is -2.98. The van der Waals surface area contributed by atoms with Gasteiger partial charge >= 0.3 is 6.18 Å². The van der Waals surface area contributed by atoms with Crippen molar-refractivity contribution in [1.29, 1.82) is 0 Å². The summed E-state index contributed by atoms with van der Waals surface area (Å²) in [4.78, 5) is 3.96. The fourth-order valence-electron chi connectivity index (χ4n) is 1.51. The molecule has 0 aliphatic carbocycles. The molecule has 1 aromatic heterocycles. The molecular formula is C13H9ClF3NO. The van der Waals surface area contributed by atoms with Gasteiger partial charge < -0.3 is 4.74 Å². The monoisotopic (exact) mass is 287 g/mol. The van der Waals surface area contributed by atoms with E-state index in [4.69, 9.17) is 16.3 Å². The van der Waals surface area contributed by atoms with Crippen molar-refractivity contribution in [3.63, 3.8) is 0 Å².